The standard InChI is InChI=1S/C18H16F3N5OS/c19-18(20,21)14-8-13(26-11-22-10-23-26)3-4-15(14)24-17(27)25-6-1-2-16(25)12-5-7-28-9-12/h3-5,7-11,16H,1-2,6H2,(H,24,27)/t16-/m0/s1. The van der Waals surface area contributed by atoms with E-state index in [4.69, 9.17) is 0 Å². The molecule has 146 valence electrons. The summed E-state index contributed by atoms with van der Waals surface area (Å²) in [5.74, 6) is 0. The van der Waals surface area contributed by atoms with E-state index < -0.39 is 17.8 Å². The number of hydrogen-bond donors (Lipinski definition) is 1. The van der Waals surface area contributed by atoms with Crippen LogP contribution < -0.4 is 5.32 Å². The summed E-state index contributed by atoms with van der Waals surface area (Å²) in [5.41, 5.74) is 0.00725. The number of urea groups is 1. The van der Waals surface area contributed by atoms with Gasteiger partial charge in [0.05, 0.1) is 23.0 Å². The third-order valence-corrected chi connectivity index (χ3v) is 5.38. The maximum Gasteiger partial charge on any atom is 0.418 e. The van der Waals surface area contributed by atoms with Gasteiger partial charge < -0.3 is 10.2 Å². The van der Waals surface area contributed by atoms with Crippen molar-refractivity contribution in [3.63, 3.8) is 0 Å². The molecular weight excluding hydrogens is 391 g/mol. The minimum Gasteiger partial charge on any atom is -0.317 e. The summed E-state index contributed by atoms with van der Waals surface area (Å²) in [7, 11) is 0. The van der Waals surface area contributed by atoms with Crippen LogP contribution in [0.25, 0.3) is 5.69 Å². The summed E-state index contributed by atoms with van der Waals surface area (Å²) in [5, 5.41) is 10.2. The lowest BCUT2D eigenvalue weighted by Gasteiger charge is -2.25. The first-order valence-corrected chi connectivity index (χ1v) is 9.54. The number of likely N-dealkylation sites (tertiary alicyclic amines) is 1. The summed E-state index contributed by atoms with van der Waals surface area (Å²) in [6.07, 6.45) is -0.478. The Morgan fingerprint density at radius 1 is 1.29 bits per heavy atom. The van der Waals surface area contributed by atoms with Crippen molar-refractivity contribution in [2.45, 2.75) is 25.1 Å². The molecule has 1 aliphatic heterocycles. The molecule has 0 spiro atoms. The van der Waals surface area contributed by atoms with Crippen LogP contribution in [0.1, 0.15) is 30.0 Å². The SMILES string of the molecule is O=C(Nc1ccc(-n2cncn2)cc1C(F)(F)F)N1CCC[C@H]1c1ccsc1. The van der Waals surface area contributed by atoms with Crippen LogP contribution in [-0.4, -0.2) is 32.2 Å². The van der Waals surface area contributed by atoms with Crippen LogP contribution in [0.2, 0.25) is 0 Å². The van der Waals surface area contributed by atoms with Crippen LogP contribution in [0.5, 0.6) is 0 Å². The Kier molecular flexibility index (Phi) is 4.80. The quantitative estimate of drug-likeness (QED) is 0.684. The van der Waals surface area contributed by atoms with Crippen molar-refractivity contribution in [3.05, 3.63) is 58.8 Å². The van der Waals surface area contributed by atoms with E-state index in [1.54, 1.807) is 4.90 Å². The van der Waals surface area contributed by atoms with Gasteiger partial charge in [-0.3, -0.25) is 0 Å². The second-order valence-corrected chi connectivity index (χ2v) is 7.19. The van der Waals surface area contributed by atoms with Crippen LogP contribution in [-0.2, 0) is 6.18 Å². The largest absolute Gasteiger partial charge is 0.418 e. The molecule has 6 nitrogen and oxygen atoms in total. The fourth-order valence-electron chi connectivity index (χ4n) is 3.37. The van der Waals surface area contributed by atoms with Crippen LogP contribution >= 0.6 is 11.3 Å². The summed E-state index contributed by atoms with van der Waals surface area (Å²) < 4.78 is 42.0. The summed E-state index contributed by atoms with van der Waals surface area (Å²) >= 11 is 1.53. The van der Waals surface area contributed by atoms with E-state index in [0.29, 0.717) is 6.54 Å². The first-order chi connectivity index (χ1) is 13.4. The second kappa shape index (κ2) is 7.27. The average molecular weight is 407 g/mol. The number of rotatable bonds is 3. The summed E-state index contributed by atoms with van der Waals surface area (Å²) in [6.45, 7) is 0.505. The number of aromatic nitrogens is 3. The van der Waals surface area contributed by atoms with Gasteiger partial charge in [-0.05, 0) is 53.4 Å². The highest BCUT2D eigenvalue weighted by molar-refractivity contribution is 7.08. The smallest absolute Gasteiger partial charge is 0.317 e. The minimum atomic E-state index is -4.63. The van der Waals surface area contributed by atoms with Crippen LogP contribution in [0.3, 0.4) is 0 Å². The Balaban J connectivity index is 1.61. The molecular formula is C18H16F3N5OS. The molecule has 1 aliphatic rings. The zero-order chi connectivity index (χ0) is 19.7. The van der Waals surface area contributed by atoms with Gasteiger partial charge >= 0.3 is 12.2 Å². The molecule has 3 aromatic rings. The minimum absolute atomic E-state index is 0.116. The Labute approximate surface area is 162 Å². The monoisotopic (exact) mass is 407 g/mol. The fourth-order valence-corrected chi connectivity index (χ4v) is 4.07. The van der Waals surface area contributed by atoms with Gasteiger partial charge in [-0.25, -0.2) is 14.5 Å². The maximum absolute atomic E-state index is 13.6. The van der Waals surface area contributed by atoms with Crippen molar-refractivity contribution in [3.8, 4) is 5.69 Å². The number of nitrogens with one attached hydrogen (secondary N) is 1. The molecule has 4 rings (SSSR count). The Morgan fingerprint density at radius 3 is 2.82 bits per heavy atom. The van der Waals surface area contributed by atoms with Crippen LogP contribution in [0.15, 0.2) is 47.7 Å². The van der Waals surface area contributed by atoms with Gasteiger partial charge in [0, 0.05) is 6.54 Å². The van der Waals surface area contributed by atoms with Crippen molar-refractivity contribution in [1.82, 2.24) is 19.7 Å². The Morgan fingerprint density at radius 2 is 2.14 bits per heavy atom. The lowest BCUT2D eigenvalue weighted by atomic mass is 10.1. The van der Waals surface area contributed by atoms with Gasteiger partial charge in [-0.2, -0.15) is 29.6 Å². The normalized spacial score (nSPS) is 17.1. The molecule has 1 saturated heterocycles. The zero-order valence-electron chi connectivity index (χ0n) is 14.6. The molecule has 1 atom stereocenters. The van der Waals surface area contributed by atoms with Crippen molar-refractivity contribution >= 4 is 23.1 Å². The first-order valence-electron chi connectivity index (χ1n) is 8.59. The number of thiophene rings is 1. The van der Waals surface area contributed by atoms with Gasteiger partial charge in [0.2, 0.25) is 0 Å². The molecule has 10 heteroatoms. The lowest BCUT2D eigenvalue weighted by Crippen LogP contribution is -2.34. The summed E-state index contributed by atoms with van der Waals surface area (Å²) in [4.78, 5) is 18.1. The number of halogens is 3. The molecule has 1 aromatic carbocycles. The number of benzene rings is 1. The summed E-state index contributed by atoms with van der Waals surface area (Å²) in [6, 6.07) is 4.94. The molecule has 2 amide bonds. The molecule has 1 fully saturated rings. The van der Waals surface area contributed by atoms with E-state index in [0.717, 1.165) is 24.5 Å². The number of anilines is 1. The molecule has 3 heterocycles. The van der Waals surface area contributed by atoms with Crippen molar-refractivity contribution in [2.24, 2.45) is 0 Å². The van der Waals surface area contributed by atoms with E-state index in [1.807, 2.05) is 16.8 Å². The molecule has 0 radical (unpaired) electrons. The van der Waals surface area contributed by atoms with E-state index >= 15 is 0 Å². The number of alkyl halides is 3. The van der Waals surface area contributed by atoms with Gasteiger partial charge in [-0.1, -0.05) is 0 Å². The van der Waals surface area contributed by atoms with E-state index in [1.165, 1.54) is 40.8 Å². The van der Waals surface area contributed by atoms with Crippen molar-refractivity contribution in [2.75, 3.05) is 11.9 Å². The second-order valence-electron chi connectivity index (χ2n) is 6.41. The van der Waals surface area contributed by atoms with Crippen molar-refractivity contribution < 1.29 is 18.0 Å². The van der Waals surface area contributed by atoms with Crippen LogP contribution in [0, 0.1) is 0 Å². The van der Waals surface area contributed by atoms with E-state index in [2.05, 4.69) is 15.4 Å². The highest BCUT2D eigenvalue weighted by Crippen LogP contribution is 2.38. The number of carbonyl (C=O) groups excluding carboxylic acids is 1. The predicted molar refractivity (Wildman–Crippen MR) is 98.4 cm³/mol. The van der Waals surface area contributed by atoms with Gasteiger partial charge in [0.15, 0.2) is 0 Å². The molecule has 28 heavy (non-hydrogen) atoms. The average Bonchev–Trinajstić information content (AvgIpc) is 3.42. The molecule has 0 aliphatic carbocycles. The van der Waals surface area contributed by atoms with E-state index in [9.17, 15) is 18.0 Å². The third-order valence-electron chi connectivity index (χ3n) is 4.68. The van der Waals surface area contributed by atoms with Crippen molar-refractivity contribution in [1.29, 1.82) is 0 Å². The van der Waals surface area contributed by atoms with Gasteiger partial charge in [0.25, 0.3) is 0 Å². The van der Waals surface area contributed by atoms with Gasteiger partial charge in [0.1, 0.15) is 12.7 Å². The number of amides is 2. The fraction of sp³-hybridized carbons (Fsp3) is 0.278. The van der Waals surface area contributed by atoms with Crippen LogP contribution in [0.4, 0.5) is 23.7 Å². The molecule has 0 bridgehead atoms. The molecule has 1 N–H and O–H groups in total. The molecule has 0 unspecified atom stereocenters. The Hall–Kier alpha value is -2.88. The number of nitrogens with zero attached hydrogens (tertiary/aromatic N) is 4. The molecule has 2 aromatic heterocycles. The number of hydrogen-bond acceptors (Lipinski definition) is 4. The zero-order valence-corrected chi connectivity index (χ0v) is 15.4. The highest BCUT2D eigenvalue weighted by Gasteiger charge is 2.36. The van der Waals surface area contributed by atoms with Gasteiger partial charge in [-0.15, -0.1) is 0 Å². The Bertz CT molecular complexity index is 956. The highest BCUT2D eigenvalue weighted by atomic mass is 32.1. The predicted octanol–water partition coefficient (Wildman–Crippen LogP) is 4.72. The van der Waals surface area contributed by atoms with E-state index in [-0.39, 0.29) is 17.4 Å². The number of carbonyl (C=O) groups is 1. The molecule has 0 saturated carbocycles. The maximum atomic E-state index is 13.6. The lowest BCUT2D eigenvalue weighted by molar-refractivity contribution is -0.136. The third kappa shape index (κ3) is 3.59. The first kappa shape index (κ1) is 18.5. The topological polar surface area (TPSA) is 63.1 Å².